The Hall–Kier alpha value is -5.98. The zero-order valence-corrected chi connectivity index (χ0v) is 29.3. The van der Waals surface area contributed by atoms with Gasteiger partial charge in [0.15, 0.2) is 5.69 Å². The fourth-order valence-electron chi connectivity index (χ4n) is 5.09. The number of azo groups is 1. The highest BCUT2D eigenvalue weighted by Gasteiger charge is 2.25. The molecular weight excluding hydrogens is 762 g/mol. The topological polar surface area (TPSA) is 289 Å². The van der Waals surface area contributed by atoms with Gasteiger partial charge in [-0.2, -0.15) is 54.4 Å². The van der Waals surface area contributed by atoms with Gasteiger partial charge in [0.05, 0.1) is 11.4 Å². The van der Waals surface area contributed by atoms with Crippen LogP contribution in [0.1, 0.15) is 11.3 Å². The summed E-state index contributed by atoms with van der Waals surface area (Å²) in [5, 5.41) is 27.9. The van der Waals surface area contributed by atoms with Crippen LogP contribution >= 0.6 is 0 Å². The summed E-state index contributed by atoms with van der Waals surface area (Å²) in [6, 6.07) is 15.5. The highest BCUT2D eigenvalue weighted by Crippen LogP contribution is 2.38. The molecule has 6 N–H and O–H groups in total. The van der Waals surface area contributed by atoms with Gasteiger partial charge >= 0.3 is 6.08 Å². The summed E-state index contributed by atoms with van der Waals surface area (Å²) in [6.45, 7) is 3.14. The van der Waals surface area contributed by atoms with E-state index in [1.165, 1.54) is 19.1 Å². The van der Waals surface area contributed by atoms with Crippen molar-refractivity contribution in [2.45, 2.75) is 28.5 Å². The number of rotatable bonds is 10. The van der Waals surface area contributed by atoms with E-state index in [2.05, 4.69) is 40.9 Å². The minimum atomic E-state index is -5.02. The van der Waals surface area contributed by atoms with Gasteiger partial charge in [-0.25, -0.2) is 0 Å². The van der Waals surface area contributed by atoms with Crippen molar-refractivity contribution in [2.24, 2.45) is 10.2 Å². The minimum Gasteiger partial charge on any atom is -0.492 e. The van der Waals surface area contributed by atoms with Crippen LogP contribution in [0, 0.1) is 19.9 Å². The summed E-state index contributed by atoms with van der Waals surface area (Å²) in [4.78, 5) is 9.11. The predicted octanol–water partition coefficient (Wildman–Crippen LogP) is 5.31. The molecule has 0 saturated carbocycles. The summed E-state index contributed by atoms with van der Waals surface area (Å²) in [5.74, 6) is -1.27. The van der Waals surface area contributed by atoms with Gasteiger partial charge in [0.2, 0.25) is 17.8 Å². The average Bonchev–Trinajstić information content (AvgIpc) is 3.34. The molecule has 0 radical (unpaired) electrons. The Labute approximate surface area is 299 Å². The number of aromatic hydroxyl groups is 1. The van der Waals surface area contributed by atoms with E-state index in [-0.39, 0.29) is 39.7 Å². The van der Waals surface area contributed by atoms with E-state index in [9.17, 15) is 48.4 Å². The fraction of sp³-hybridized carbons (Fsp3) is 0.0667. The number of hydrogen-bond donors (Lipinski definition) is 6. The van der Waals surface area contributed by atoms with E-state index in [0.717, 1.165) is 46.6 Å². The van der Waals surface area contributed by atoms with Gasteiger partial charge in [0, 0.05) is 22.1 Å². The van der Waals surface area contributed by atoms with E-state index >= 15 is 0 Å². The first-order valence-corrected chi connectivity index (χ1v) is 19.0. The van der Waals surface area contributed by atoms with Gasteiger partial charge in [0.25, 0.3) is 30.4 Å². The van der Waals surface area contributed by atoms with Gasteiger partial charge in [-0.3, -0.25) is 13.7 Å². The lowest BCUT2D eigenvalue weighted by Gasteiger charge is -2.11. The lowest BCUT2D eigenvalue weighted by atomic mass is 10.1. The molecule has 0 aliphatic heterocycles. The molecule has 0 amide bonds. The number of anilines is 4. The van der Waals surface area contributed by atoms with Crippen LogP contribution in [0.15, 0.2) is 97.7 Å². The molecule has 0 unspecified atom stereocenters. The van der Waals surface area contributed by atoms with Crippen molar-refractivity contribution in [1.82, 2.24) is 24.7 Å². The number of aryl methyl sites for hydroxylation is 2. The molecule has 0 atom stereocenters. The van der Waals surface area contributed by atoms with Crippen molar-refractivity contribution in [1.29, 1.82) is 0 Å². The highest BCUT2D eigenvalue weighted by molar-refractivity contribution is 7.86. The Morgan fingerprint density at radius 2 is 1.36 bits per heavy atom. The van der Waals surface area contributed by atoms with Crippen molar-refractivity contribution in [3.8, 4) is 11.6 Å². The first kappa shape index (κ1) is 36.8. The second kappa shape index (κ2) is 13.5. The quantitative estimate of drug-likeness (QED) is 0.0757. The van der Waals surface area contributed by atoms with E-state index in [1.807, 2.05) is 13.0 Å². The molecular formula is C30H24FN9O10S3. The van der Waals surface area contributed by atoms with Crippen molar-refractivity contribution in [2.75, 3.05) is 10.6 Å². The standard InChI is InChI=1S/C30H24FN9O10S3/c1-15-6-3-4-8-21(15)33-30-35-28(31)34-29(36-30)32-17-10-11-24(52(45,46)47)22(12-17)37-38-26-16(2)39-40(27(26)41)18-13-20-19(25(14-18)53(48,49)50)7-5-9-23(20)51(42,43)44/h3-14,41H,1-2H3,(H,42,43,44)(H,45,46,47)(H,48,49,50)(H2,32,33,34,35,36)/b38-37+. The maximum absolute atomic E-state index is 14.4. The Morgan fingerprint density at radius 3 is 2.02 bits per heavy atom. The number of nitrogens with one attached hydrogen (secondary N) is 2. The third-order valence-electron chi connectivity index (χ3n) is 7.46. The third kappa shape index (κ3) is 7.79. The van der Waals surface area contributed by atoms with E-state index in [1.54, 1.807) is 18.2 Å². The van der Waals surface area contributed by atoms with Gasteiger partial charge in [-0.1, -0.05) is 30.3 Å². The van der Waals surface area contributed by atoms with Gasteiger partial charge < -0.3 is 15.7 Å². The lowest BCUT2D eigenvalue weighted by Crippen LogP contribution is -2.07. The van der Waals surface area contributed by atoms with Gasteiger partial charge in [-0.15, -0.1) is 10.2 Å². The molecule has 53 heavy (non-hydrogen) atoms. The molecule has 19 nitrogen and oxygen atoms in total. The maximum atomic E-state index is 14.4. The minimum absolute atomic E-state index is 0.0407. The Kier molecular flexibility index (Phi) is 9.40. The van der Waals surface area contributed by atoms with Gasteiger partial charge in [-0.05, 0) is 61.9 Å². The number of halogens is 1. The number of nitrogens with zero attached hydrogens (tertiary/aromatic N) is 7. The van der Waals surface area contributed by atoms with Crippen LogP contribution in [-0.4, -0.2) is 68.8 Å². The third-order valence-corrected chi connectivity index (χ3v) is 10.2. The molecule has 0 spiro atoms. The molecule has 2 heterocycles. The number of benzene rings is 4. The fourth-order valence-corrected chi connectivity index (χ4v) is 7.12. The second-order valence-corrected chi connectivity index (χ2v) is 15.3. The molecule has 0 fully saturated rings. The zero-order chi connectivity index (χ0) is 38.5. The van der Waals surface area contributed by atoms with Crippen LogP contribution in [0.2, 0.25) is 0 Å². The van der Waals surface area contributed by atoms with Gasteiger partial charge in [0.1, 0.15) is 20.4 Å². The average molecular weight is 786 g/mol. The van der Waals surface area contributed by atoms with Crippen molar-refractivity contribution >= 4 is 75.8 Å². The molecule has 0 aliphatic carbocycles. The highest BCUT2D eigenvalue weighted by atomic mass is 32.2. The Bertz CT molecular complexity index is 2830. The molecule has 6 aromatic rings. The summed E-state index contributed by atoms with van der Waals surface area (Å²) in [5.41, 5.74) is 0.180. The van der Waals surface area contributed by atoms with Crippen molar-refractivity contribution in [3.05, 3.63) is 90.1 Å². The van der Waals surface area contributed by atoms with Crippen LogP contribution in [-0.2, 0) is 30.4 Å². The smallest absolute Gasteiger partial charge is 0.315 e. The number of fused-ring (bicyclic) bond motifs is 1. The summed E-state index contributed by atoms with van der Waals surface area (Å²) in [6.07, 6.45) is -1.15. The number of aromatic nitrogens is 5. The largest absolute Gasteiger partial charge is 0.492 e. The molecule has 0 aliphatic rings. The summed E-state index contributed by atoms with van der Waals surface area (Å²) < 4.78 is 118. The van der Waals surface area contributed by atoms with Crippen molar-refractivity contribution < 1.29 is 48.4 Å². The van der Waals surface area contributed by atoms with E-state index in [4.69, 9.17) is 0 Å². The van der Waals surface area contributed by atoms with Crippen LogP contribution in [0.5, 0.6) is 5.88 Å². The van der Waals surface area contributed by atoms with Crippen LogP contribution in [0.4, 0.5) is 39.0 Å². The lowest BCUT2D eigenvalue weighted by molar-refractivity contribution is 0.434. The summed E-state index contributed by atoms with van der Waals surface area (Å²) in [7, 11) is -14.8. The monoisotopic (exact) mass is 785 g/mol. The molecule has 2 aromatic heterocycles. The molecule has 0 bridgehead atoms. The normalized spacial score (nSPS) is 12.4. The van der Waals surface area contributed by atoms with Crippen LogP contribution in [0.3, 0.4) is 0 Å². The first-order valence-electron chi connectivity index (χ1n) is 14.6. The molecule has 0 saturated heterocycles. The molecule has 23 heteroatoms. The molecule has 6 rings (SSSR count). The summed E-state index contributed by atoms with van der Waals surface area (Å²) >= 11 is 0. The van der Waals surface area contributed by atoms with E-state index < -0.39 is 68.4 Å². The first-order chi connectivity index (χ1) is 24.8. The maximum Gasteiger partial charge on any atom is 0.315 e. The van der Waals surface area contributed by atoms with E-state index in [0.29, 0.717) is 5.69 Å². The van der Waals surface area contributed by atoms with Crippen LogP contribution < -0.4 is 10.6 Å². The molecule has 274 valence electrons. The number of para-hydroxylation sites is 1. The molecule has 4 aromatic carbocycles. The Morgan fingerprint density at radius 1 is 0.698 bits per heavy atom. The SMILES string of the molecule is Cc1ccccc1Nc1nc(F)nc(Nc2ccc(S(=O)(=O)O)c(/N=N/c3c(C)nn(-c4cc(S(=O)(=O)O)c5cccc(S(=O)(=O)O)c5c4)c3O)c2)n1. The predicted molar refractivity (Wildman–Crippen MR) is 185 cm³/mol. The number of hydrogen-bond acceptors (Lipinski definition) is 15. The zero-order valence-electron chi connectivity index (χ0n) is 26.9. The Balaban J connectivity index is 1.39. The van der Waals surface area contributed by atoms with Crippen LogP contribution in [0.25, 0.3) is 16.5 Å². The second-order valence-electron chi connectivity index (χ2n) is 11.1. The van der Waals surface area contributed by atoms with Crippen molar-refractivity contribution in [3.63, 3.8) is 0 Å².